The van der Waals surface area contributed by atoms with Crippen molar-refractivity contribution >= 4 is 0 Å². The van der Waals surface area contributed by atoms with Gasteiger partial charge in [0.25, 0.3) is 0 Å². The standard InChI is InChI=1S/C16H18FNO2/c1-2-19-12-7-9-13(10-8-12)20-11-16(18)14-5-3-4-6-15(14)17/h3-10,16H,2,11,18H2,1H3. The van der Waals surface area contributed by atoms with Gasteiger partial charge < -0.3 is 15.2 Å². The molecule has 0 heterocycles. The van der Waals surface area contributed by atoms with Crippen molar-refractivity contribution in [3.8, 4) is 11.5 Å². The first-order chi connectivity index (χ1) is 9.70. The van der Waals surface area contributed by atoms with E-state index in [2.05, 4.69) is 0 Å². The molecule has 0 amide bonds. The van der Waals surface area contributed by atoms with E-state index in [4.69, 9.17) is 15.2 Å². The summed E-state index contributed by atoms with van der Waals surface area (Å²) in [5.74, 6) is 1.16. The van der Waals surface area contributed by atoms with Crippen molar-refractivity contribution in [1.82, 2.24) is 0 Å². The molecule has 0 spiro atoms. The zero-order valence-electron chi connectivity index (χ0n) is 11.4. The highest BCUT2D eigenvalue weighted by Crippen LogP contribution is 2.20. The Kier molecular flexibility index (Phi) is 4.96. The van der Waals surface area contributed by atoms with Crippen LogP contribution in [0.5, 0.6) is 11.5 Å². The summed E-state index contributed by atoms with van der Waals surface area (Å²) in [6.45, 7) is 2.77. The number of nitrogens with two attached hydrogens (primary N) is 1. The van der Waals surface area contributed by atoms with E-state index in [1.165, 1.54) is 6.07 Å². The first-order valence-corrected chi connectivity index (χ1v) is 6.56. The molecule has 4 heteroatoms. The van der Waals surface area contributed by atoms with Gasteiger partial charge in [0.1, 0.15) is 23.9 Å². The average Bonchev–Trinajstić information content (AvgIpc) is 2.47. The van der Waals surface area contributed by atoms with Gasteiger partial charge in [0, 0.05) is 5.56 Å². The molecule has 0 radical (unpaired) electrons. The van der Waals surface area contributed by atoms with E-state index < -0.39 is 6.04 Å². The van der Waals surface area contributed by atoms with Gasteiger partial charge in [-0.15, -0.1) is 0 Å². The quantitative estimate of drug-likeness (QED) is 0.879. The molecule has 0 aliphatic rings. The van der Waals surface area contributed by atoms with Gasteiger partial charge >= 0.3 is 0 Å². The number of hydrogen-bond donors (Lipinski definition) is 1. The van der Waals surface area contributed by atoms with Crippen molar-refractivity contribution in [2.45, 2.75) is 13.0 Å². The predicted molar refractivity (Wildman–Crippen MR) is 76.4 cm³/mol. The molecule has 0 bridgehead atoms. The number of halogens is 1. The summed E-state index contributed by atoms with van der Waals surface area (Å²) in [6, 6.07) is 13.2. The molecule has 3 nitrogen and oxygen atoms in total. The van der Waals surface area contributed by atoms with Gasteiger partial charge in [-0.25, -0.2) is 4.39 Å². The Morgan fingerprint density at radius 3 is 2.20 bits per heavy atom. The monoisotopic (exact) mass is 275 g/mol. The van der Waals surface area contributed by atoms with Crippen molar-refractivity contribution in [3.05, 3.63) is 59.9 Å². The molecule has 2 aromatic rings. The molecule has 0 saturated heterocycles. The maximum atomic E-state index is 13.6. The molecule has 0 aliphatic carbocycles. The molecule has 106 valence electrons. The Morgan fingerprint density at radius 2 is 1.60 bits per heavy atom. The van der Waals surface area contributed by atoms with E-state index in [0.29, 0.717) is 17.9 Å². The largest absolute Gasteiger partial charge is 0.494 e. The highest BCUT2D eigenvalue weighted by atomic mass is 19.1. The van der Waals surface area contributed by atoms with Crippen LogP contribution in [0.2, 0.25) is 0 Å². The zero-order chi connectivity index (χ0) is 14.4. The highest BCUT2D eigenvalue weighted by Gasteiger charge is 2.11. The first-order valence-electron chi connectivity index (χ1n) is 6.56. The SMILES string of the molecule is CCOc1ccc(OCC(N)c2ccccc2F)cc1. The van der Waals surface area contributed by atoms with Crippen LogP contribution in [0.15, 0.2) is 48.5 Å². The summed E-state index contributed by atoms with van der Waals surface area (Å²) in [7, 11) is 0. The maximum absolute atomic E-state index is 13.6. The lowest BCUT2D eigenvalue weighted by molar-refractivity contribution is 0.286. The van der Waals surface area contributed by atoms with Crippen LogP contribution in [0.3, 0.4) is 0 Å². The van der Waals surface area contributed by atoms with Crippen molar-refractivity contribution in [2.75, 3.05) is 13.2 Å². The minimum atomic E-state index is -0.497. The molecule has 0 aromatic heterocycles. The Hall–Kier alpha value is -2.07. The highest BCUT2D eigenvalue weighted by molar-refractivity contribution is 5.31. The van der Waals surface area contributed by atoms with Gasteiger partial charge in [0.05, 0.1) is 12.6 Å². The Bertz CT molecular complexity index is 542. The summed E-state index contributed by atoms with van der Waals surface area (Å²) >= 11 is 0. The number of ether oxygens (including phenoxy) is 2. The van der Waals surface area contributed by atoms with E-state index >= 15 is 0 Å². The van der Waals surface area contributed by atoms with Crippen LogP contribution in [0.4, 0.5) is 4.39 Å². The molecule has 20 heavy (non-hydrogen) atoms. The van der Waals surface area contributed by atoms with Crippen LogP contribution in [0.1, 0.15) is 18.5 Å². The molecule has 1 unspecified atom stereocenters. The summed E-state index contributed by atoms with van der Waals surface area (Å²) in [6.07, 6.45) is 0. The van der Waals surface area contributed by atoms with Crippen LogP contribution in [-0.2, 0) is 0 Å². The fourth-order valence-corrected chi connectivity index (χ4v) is 1.85. The molecule has 2 aromatic carbocycles. The van der Waals surface area contributed by atoms with Crippen molar-refractivity contribution in [1.29, 1.82) is 0 Å². The lowest BCUT2D eigenvalue weighted by Crippen LogP contribution is -2.20. The summed E-state index contributed by atoms with van der Waals surface area (Å²) in [4.78, 5) is 0. The van der Waals surface area contributed by atoms with E-state index in [1.54, 1.807) is 30.3 Å². The van der Waals surface area contributed by atoms with Gasteiger partial charge in [-0.1, -0.05) is 18.2 Å². The van der Waals surface area contributed by atoms with Crippen molar-refractivity contribution in [3.63, 3.8) is 0 Å². The van der Waals surface area contributed by atoms with Gasteiger partial charge in [0.2, 0.25) is 0 Å². The third-order valence-electron chi connectivity index (χ3n) is 2.87. The van der Waals surface area contributed by atoms with Crippen molar-refractivity contribution < 1.29 is 13.9 Å². The van der Waals surface area contributed by atoms with Gasteiger partial charge in [-0.05, 0) is 37.3 Å². The average molecular weight is 275 g/mol. The number of hydrogen-bond acceptors (Lipinski definition) is 3. The lowest BCUT2D eigenvalue weighted by atomic mass is 10.1. The van der Waals surface area contributed by atoms with E-state index in [1.807, 2.05) is 19.1 Å². The van der Waals surface area contributed by atoms with E-state index in [-0.39, 0.29) is 12.4 Å². The predicted octanol–water partition coefficient (Wildman–Crippen LogP) is 3.30. The third kappa shape index (κ3) is 3.71. The molecule has 0 saturated carbocycles. The minimum Gasteiger partial charge on any atom is -0.494 e. The van der Waals surface area contributed by atoms with Crippen LogP contribution in [-0.4, -0.2) is 13.2 Å². The summed E-state index contributed by atoms with van der Waals surface area (Å²) in [5.41, 5.74) is 6.39. The van der Waals surface area contributed by atoms with E-state index in [9.17, 15) is 4.39 Å². The topological polar surface area (TPSA) is 44.5 Å². The second kappa shape index (κ2) is 6.91. The zero-order valence-corrected chi connectivity index (χ0v) is 11.4. The first kappa shape index (κ1) is 14.3. The molecular formula is C16H18FNO2. The Labute approximate surface area is 118 Å². The van der Waals surface area contributed by atoms with Crippen LogP contribution in [0, 0.1) is 5.82 Å². The summed E-state index contributed by atoms with van der Waals surface area (Å²) in [5, 5.41) is 0. The molecule has 0 fully saturated rings. The minimum absolute atomic E-state index is 0.217. The van der Waals surface area contributed by atoms with Gasteiger partial charge in [0.15, 0.2) is 0 Å². The molecule has 2 rings (SSSR count). The van der Waals surface area contributed by atoms with E-state index in [0.717, 1.165) is 5.75 Å². The van der Waals surface area contributed by atoms with Crippen molar-refractivity contribution in [2.24, 2.45) is 5.73 Å². The van der Waals surface area contributed by atoms with Gasteiger partial charge in [-0.2, -0.15) is 0 Å². The van der Waals surface area contributed by atoms with Crippen LogP contribution in [0.25, 0.3) is 0 Å². The van der Waals surface area contributed by atoms with Crippen LogP contribution >= 0.6 is 0 Å². The Balaban J connectivity index is 1.93. The molecule has 1 atom stereocenters. The van der Waals surface area contributed by atoms with Crippen LogP contribution < -0.4 is 15.2 Å². The molecule has 2 N–H and O–H groups in total. The second-order valence-corrected chi connectivity index (χ2v) is 4.34. The number of benzene rings is 2. The lowest BCUT2D eigenvalue weighted by Gasteiger charge is -2.14. The molecule has 0 aliphatic heterocycles. The maximum Gasteiger partial charge on any atom is 0.128 e. The Morgan fingerprint density at radius 1 is 1.00 bits per heavy atom. The second-order valence-electron chi connectivity index (χ2n) is 4.34. The fraction of sp³-hybridized carbons (Fsp3) is 0.250. The fourth-order valence-electron chi connectivity index (χ4n) is 1.85. The summed E-state index contributed by atoms with van der Waals surface area (Å²) < 4.78 is 24.5. The van der Waals surface area contributed by atoms with Gasteiger partial charge in [-0.3, -0.25) is 0 Å². The third-order valence-corrected chi connectivity index (χ3v) is 2.87. The smallest absolute Gasteiger partial charge is 0.128 e. The number of rotatable bonds is 6. The molecular weight excluding hydrogens is 257 g/mol. The normalized spacial score (nSPS) is 11.9.